The van der Waals surface area contributed by atoms with Crippen LogP contribution in [0.15, 0.2) is 107 Å². The van der Waals surface area contributed by atoms with Crippen LogP contribution in [0.2, 0.25) is 0 Å². The molecule has 2 atom stereocenters. The topological polar surface area (TPSA) is 118 Å². The Bertz CT molecular complexity index is 2250. The molecule has 5 aromatic rings. The number of aromatic nitrogens is 1. The van der Waals surface area contributed by atoms with Gasteiger partial charge in [-0.1, -0.05) is 48.5 Å². The lowest BCUT2D eigenvalue weighted by molar-refractivity contribution is 0.0696. The summed E-state index contributed by atoms with van der Waals surface area (Å²) in [5.41, 5.74) is 7.79. The van der Waals surface area contributed by atoms with E-state index in [1.165, 1.54) is 11.1 Å². The Balaban J connectivity index is 0.887. The molecule has 4 aliphatic rings. The molecule has 9 rings (SSSR count). The zero-order chi connectivity index (χ0) is 38.9. The lowest BCUT2D eigenvalue weighted by Gasteiger charge is -2.34. The second kappa shape index (κ2) is 15.4. The van der Waals surface area contributed by atoms with Gasteiger partial charge in [-0.25, -0.2) is 0 Å². The minimum absolute atomic E-state index is 0.0815. The first-order chi connectivity index (χ1) is 28.0. The van der Waals surface area contributed by atoms with Crippen molar-refractivity contribution in [2.45, 2.75) is 38.0 Å². The second-order valence-electron chi connectivity index (χ2n) is 14.4. The number of hydrogen-bond acceptors (Lipinski definition) is 10. The maximum Gasteiger partial charge on any atom is 0.257 e. The molecule has 0 saturated heterocycles. The lowest BCUT2D eigenvalue weighted by Crippen LogP contribution is -2.44. The van der Waals surface area contributed by atoms with Crippen LogP contribution in [0.25, 0.3) is 0 Å². The Morgan fingerprint density at radius 1 is 0.614 bits per heavy atom. The molecule has 0 saturated carbocycles. The number of anilines is 1. The van der Waals surface area contributed by atoms with E-state index in [4.69, 9.17) is 28.9 Å². The predicted octanol–water partition coefficient (Wildman–Crippen LogP) is 6.63. The number of aliphatic imine (C=N–C) groups is 2. The van der Waals surface area contributed by atoms with Gasteiger partial charge in [0.15, 0.2) is 23.0 Å². The molecule has 12 nitrogen and oxygen atoms in total. The van der Waals surface area contributed by atoms with Gasteiger partial charge in [0.1, 0.15) is 13.2 Å². The maximum atomic E-state index is 13.9. The van der Waals surface area contributed by atoms with Gasteiger partial charge in [-0.15, -0.1) is 0 Å². The lowest BCUT2D eigenvalue weighted by atomic mass is 9.94. The fourth-order valence-electron chi connectivity index (χ4n) is 8.10. The second-order valence-corrected chi connectivity index (χ2v) is 14.4. The average Bonchev–Trinajstić information content (AvgIpc) is 3.46. The number of carbonyl (C=O) groups excluding carboxylic acids is 2. The van der Waals surface area contributed by atoms with Crippen molar-refractivity contribution in [2.75, 3.05) is 45.4 Å². The third-order valence-corrected chi connectivity index (χ3v) is 11.2. The van der Waals surface area contributed by atoms with Crippen LogP contribution in [-0.2, 0) is 25.9 Å². The first kappa shape index (κ1) is 36.0. The summed E-state index contributed by atoms with van der Waals surface area (Å²) >= 11 is 0. The quantitative estimate of drug-likeness (QED) is 0.147. The Morgan fingerprint density at radius 3 is 1.53 bits per heavy atom. The van der Waals surface area contributed by atoms with Gasteiger partial charge in [-0.05, 0) is 59.4 Å². The molecular formula is C45H42N6O6. The van der Waals surface area contributed by atoms with Crippen molar-refractivity contribution in [3.63, 3.8) is 0 Å². The summed E-state index contributed by atoms with van der Waals surface area (Å²) in [7, 11) is 3.14. The molecule has 1 aromatic heterocycles. The summed E-state index contributed by atoms with van der Waals surface area (Å²) in [6.45, 7) is 2.68. The molecule has 2 unspecified atom stereocenters. The molecule has 4 aromatic carbocycles. The van der Waals surface area contributed by atoms with Crippen molar-refractivity contribution < 1.29 is 28.5 Å². The molecular weight excluding hydrogens is 721 g/mol. The number of methoxy groups -OCH3 is 2. The largest absolute Gasteiger partial charge is 0.493 e. The van der Waals surface area contributed by atoms with E-state index >= 15 is 0 Å². The Kier molecular flexibility index (Phi) is 9.75. The molecule has 0 spiro atoms. The smallest absolute Gasteiger partial charge is 0.257 e. The molecule has 0 aliphatic carbocycles. The zero-order valence-electron chi connectivity index (χ0n) is 31.8. The van der Waals surface area contributed by atoms with E-state index in [0.29, 0.717) is 84.9 Å². The number of benzene rings is 4. The highest BCUT2D eigenvalue weighted by atomic mass is 16.5. The molecule has 12 heteroatoms. The Morgan fingerprint density at radius 2 is 1.07 bits per heavy atom. The van der Waals surface area contributed by atoms with Crippen LogP contribution in [0.3, 0.4) is 0 Å². The van der Waals surface area contributed by atoms with Gasteiger partial charge in [0.05, 0.1) is 61.9 Å². The minimum Gasteiger partial charge on any atom is -0.493 e. The van der Waals surface area contributed by atoms with Crippen LogP contribution < -0.4 is 23.8 Å². The third kappa shape index (κ3) is 7.03. The Hall–Kier alpha value is -6.69. The molecule has 0 radical (unpaired) electrons. The number of fused-ring (bicyclic) bond motifs is 6. The monoisotopic (exact) mass is 762 g/mol. The summed E-state index contributed by atoms with van der Waals surface area (Å²) in [6, 6.07) is 27.1. The van der Waals surface area contributed by atoms with E-state index < -0.39 is 0 Å². The fourth-order valence-corrected chi connectivity index (χ4v) is 8.10. The van der Waals surface area contributed by atoms with Crippen LogP contribution in [0, 0.1) is 0 Å². The van der Waals surface area contributed by atoms with E-state index in [-0.39, 0.29) is 23.9 Å². The predicted molar refractivity (Wildman–Crippen MR) is 217 cm³/mol. The van der Waals surface area contributed by atoms with E-state index in [1.54, 1.807) is 50.9 Å². The van der Waals surface area contributed by atoms with Crippen LogP contribution in [0.4, 0.5) is 17.1 Å². The number of rotatable bonds is 11. The van der Waals surface area contributed by atoms with E-state index in [2.05, 4.69) is 34.1 Å². The molecule has 0 fully saturated rings. The highest BCUT2D eigenvalue weighted by Gasteiger charge is 2.35. The molecule has 5 heterocycles. The first-order valence-electron chi connectivity index (χ1n) is 19.2. The van der Waals surface area contributed by atoms with Gasteiger partial charge in [0.25, 0.3) is 11.8 Å². The van der Waals surface area contributed by atoms with Crippen molar-refractivity contribution in [1.29, 1.82) is 0 Å². The maximum absolute atomic E-state index is 13.9. The number of ether oxygens (including phenoxy) is 4. The third-order valence-electron chi connectivity index (χ3n) is 11.2. The number of pyridine rings is 1. The van der Waals surface area contributed by atoms with E-state index in [9.17, 15) is 9.59 Å². The van der Waals surface area contributed by atoms with E-state index in [1.807, 2.05) is 58.6 Å². The summed E-state index contributed by atoms with van der Waals surface area (Å²) in [5.74, 6) is 1.76. The van der Waals surface area contributed by atoms with E-state index in [0.717, 1.165) is 29.7 Å². The molecule has 2 amide bonds. The highest BCUT2D eigenvalue weighted by molar-refractivity contribution is 6.04. The average molecular weight is 763 g/mol. The molecule has 0 bridgehead atoms. The number of carbonyl (C=O) groups is 2. The first-order valence-corrected chi connectivity index (χ1v) is 19.2. The van der Waals surface area contributed by atoms with Crippen molar-refractivity contribution in [3.05, 3.63) is 131 Å². The zero-order valence-corrected chi connectivity index (χ0v) is 31.8. The summed E-state index contributed by atoms with van der Waals surface area (Å²) in [4.78, 5) is 47.3. The van der Waals surface area contributed by atoms with Gasteiger partial charge in [0.2, 0.25) is 0 Å². The van der Waals surface area contributed by atoms with Gasteiger partial charge < -0.3 is 33.6 Å². The van der Waals surface area contributed by atoms with Gasteiger partial charge in [0, 0.05) is 55.7 Å². The van der Waals surface area contributed by atoms with Crippen LogP contribution in [0.1, 0.15) is 43.0 Å². The summed E-state index contributed by atoms with van der Waals surface area (Å²) < 4.78 is 24.2. The summed E-state index contributed by atoms with van der Waals surface area (Å²) in [6.07, 6.45) is 8.67. The fraction of sp³-hybridized carbons (Fsp3) is 0.267. The minimum atomic E-state index is -0.131. The SMILES string of the molecule is COc1cc2c(cc1OCCN(CCOc1cc3c(cc1OC)C(=O)N1Cc4ccccc4CC1C=N3)c1ccncc1)N=CC1Cc3ccccc3CN1C2=O. The normalized spacial score (nSPS) is 17.5. The van der Waals surface area contributed by atoms with Gasteiger partial charge in [-0.2, -0.15) is 0 Å². The van der Waals surface area contributed by atoms with Crippen molar-refractivity contribution in [1.82, 2.24) is 14.8 Å². The number of hydrogen-bond donors (Lipinski definition) is 0. The van der Waals surface area contributed by atoms with Crippen LogP contribution in [-0.4, -0.2) is 91.6 Å². The number of nitrogens with zero attached hydrogens (tertiary/aromatic N) is 6. The Labute approximate surface area is 331 Å². The number of amides is 2. The van der Waals surface area contributed by atoms with Crippen molar-refractivity contribution >= 4 is 41.3 Å². The van der Waals surface area contributed by atoms with Gasteiger partial charge in [-0.3, -0.25) is 24.6 Å². The molecule has 57 heavy (non-hydrogen) atoms. The summed E-state index contributed by atoms with van der Waals surface area (Å²) in [5, 5.41) is 0. The van der Waals surface area contributed by atoms with Crippen LogP contribution in [0.5, 0.6) is 23.0 Å². The molecule has 0 N–H and O–H groups in total. The van der Waals surface area contributed by atoms with Crippen molar-refractivity contribution in [3.8, 4) is 23.0 Å². The van der Waals surface area contributed by atoms with Gasteiger partial charge >= 0.3 is 0 Å². The molecule has 288 valence electrons. The standard InChI is InChI=1S/C45H42N6O6/c1-54-40-21-36-38(47-25-34-19-29-7-3-5-9-31(29)27-50(34)44(36)52)23-42(40)56-17-15-49(33-11-13-46-14-12-33)16-18-57-43-24-39-37(22-41(43)55-2)45(53)51-28-32-10-6-4-8-30(32)20-35(51)26-48-39/h3-14,21-26,34-35H,15-20,27-28H2,1-2H3. The van der Waals surface area contributed by atoms with Crippen molar-refractivity contribution in [2.24, 2.45) is 9.98 Å². The van der Waals surface area contributed by atoms with Crippen LogP contribution >= 0.6 is 0 Å². The molecule has 4 aliphatic heterocycles. The highest BCUT2D eigenvalue weighted by Crippen LogP contribution is 2.40.